The van der Waals surface area contributed by atoms with Crippen molar-refractivity contribution in [1.29, 1.82) is 0 Å². The predicted octanol–water partition coefficient (Wildman–Crippen LogP) is 3.99. The molecule has 88 valence electrons. The van der Waals surface area contributed by atoms with Crippen LogP contribution < -0.4 is 4.90 Å². The second-order valence-corrected chi connectivity index (χ2v) is 5.13. The molecule has 0 N–H and O–H groups in total. The Hall–Kier alpha value is -2.02. The second-order valence-electron chi connectivity index (χ2n) is 5.13. The van der Waals surface area contributed by atoms with E-state index in [4.69, 9.17) is 0 Å². The largest absolute Gasteiger partial charge is 0.373 e. The van der Waals surface area contributed by atoms with Crippen molar-refractivity contribution in [1.82, 2.24) is 0 Å². The monoisotopic (exact) mass is 233 g/mol. The summed E-state index contributed by atoms with van der Waals surface area (Å²) in [4.78, 5) is 2.40. The standard InChI is InChI=1S/C17H15N/c1-18-10-9-12-6-4-7-14-11-13-5-2-3-8-15(13)17(18)16(12)14/h2-8,11H,9-10H2,1H3. The van der Waals surface area contributed by atoms with Gasteiger partial charge in [0.2, 0.25) is 0 Å². The van der Waals surface area contributed by atoms with E-state index in [0.29, 0.717) is 0 Å². The van der Waals surface area contributed by atoms with Crippen molar-refractivity contribution in [3.05, 3.63) is 54.1 Å². The molecule has 0 unspecified atom stereocenters. The summed E-state index contributed by atoms with van der Waals surface area (Å²) in [6.45, 7) is 1.11. The van der Waals surface area contributed by atoms with Crippen LogP contribution >= 0.6 is 0 Å². The highest BCUT2D eigenvalue weighted by atomic mass is 15.1. The first-order chi connectivity index (χ1) is 8.84. The van der Waals surface area contributed by atoms with Crippen molar-refractivity contribution < 1.29 is 0 Å². The minimum atomic E-state index is 1.11. The molecule has 18 heavy (non-hydrogen) atoms. The van der Waals surface area contributed by atoms with E-state index in [9.17, 15) is 0 Å². The van der Waals surface area contributed by atoms with Crippen molar-refractivity contribution in [3.8, 4) is 0 Å². The van der Waals surface area contributed by atoms with Crippen LogP contribution in [0.25, 0.3) is 21.5 Å². The van der Waals surface area contributed by atoms with E-state index >= 15 is 0 Å². The van der Waals surface area contributed by atoms with E-state index in [0.717, 1.165) is 13.0 Å². The lowest BCUT2D eigenvalue weighted by Crippen LogP contribution is -2.24. The lowest BCUT2D eigenvalue weighted by atomic mass is 9.92. The van der Waals surface area contributed by atoms with Crippen LogP contribution in [0.3, 0.4) is 0 Å². The normalized spacial score (nSPS) is 14.4. The Morgan fingerprint density at radius 1 is 0.944 bits per heavy atom. The van der Waals surface area contributed by atoms with Gasteiger partial charge in [0.1, 0.15) is 0 Å². The zero-order chi connectivity index (χ0) is 12.1. The van der Waals surface area contributed by atoms with Crippen LogP contribution in [0.15, 0.2) is 48.5 Å². The molecule has 1 heterocycles. The molecule has 0 saturated carbocycles. The SMILES string of the molecule is CN1CCc2cccc3cc4ccccc4c1c23. The number of hydrogen-bond donors (Lipinski definition) is 0. The third-order valence-corrected chi connectivity index (χ3v) is 4.04. The Kier molecular flexibility index (Phi) is 1.93. The highest BCUT2D eigenvalue weighted by molar-refractivity contribution is 6.13. The van der Waals surface area contributed by atoms with Gasteiger partial charge in [-0.1, -0.05) is 42.5 Å². The van der Waals surface area contributed by atoms with Gasteiger partial charge in [-0.05, 0) is 28.8 Å². The number of hydrogen-bond acceptors (Lipinski definition) is 1. The molecule has 0 amide bonds. The van der Waals surface area contributed by atoms with Crippen molar-refractivity contribution in [3.63, 3.8) is 0 Å². The van der Waals surface area contributed by atoms with Crippen LogP contribution in [0.2, 0.25) is 0 Å². The highest BCUT2D eigenvalue weighted by Gasteiger charge is 2.18. The number of benzene rings is 3. The van der Waals surface area contributed by atoms with Crippen LogP contribution in [-0.4, -0.2) is 13.6 Å². The van der Waals surface area contributed by atoms with Crippen LogP contribution in [-0.2, 0) is 6.42 Å². The Labute approximate surface area is 107 Å². The Morgan fingerprint density at radius 2 is 1.78 bits per heavy atom. The summed E-state index contributed by atoms with van der Waals surface area (Å²) in [7, 11) is 2.21. The summed E-state index contributed by atoms with van der Waals surface area (Å²) in [6.07, 6.45) is 1.15. The van der Waals surface area contributed by atoms with Gasteiger partial charge in [-0.25, -0.2) is 0 Å². The number of fused-ring (bicyclic) bond motifs is 2. The molecule has 0 radical (unpaired) electrons. The first-order valence-corrected chi connectivity index (χ1v) is 6.49. The van der Waals surface area contributed by atoms with E-state index in [2.05, 4.69) is 60.5 Å². The first-order valence-electron chi connectivity index (χ1n) is 6.49. The molecule has 0 bridgehead atoms. The summed E-state index contributed by atoms with van der Waals surface area (Å²) in [6, 6.07) is 17.7. The number of rotatable bonds is 0. The molecule has 1 nitrogen and oxygen atoms in total. The molecule has 0 fully saturated rings. The van der Waals surface area contributed by atoms with Crippen LogP contribution in [0, 0.1) is 0 Å². The first kappa shape index (κ1) is 9.95. The zero-order valence-electron chi connectivity index (χ0n) is 10.5. The summed E-state index contributed by atoms with van der Waals surface area (Å²) >= 11 is 0. The Balaban J connectivity index is 2.30. The van der Waals surface area contributed by atoms with Gasteiger partial charge < -0.3 is 4.90 Å². The minimum Gasteiger partial charge on any atom is -0.373 e. The predicted molar refractivity (Wildman–Crippen MR) is 78.4 cm³/mol. The van der Waals surface area contributed by atoms with E-state index < -0.39 is 0 Å². The van der Waals surface area contributed by atoms with Gasteiger partial charge in [0.25, 0.3) is 0 Å². The molecule has 1 aliphatic heterocycles. The quantitative estimate of drug-likeness (QED) is 0.531. The molecular weight excluding hydrogens is 218 g/mol. The van der Waals surface area contributed by atoms with Crippen molar-refractivity contribution in [2.75, 3.05) is 18.5 Å². The topological polar surface area (TPSA) is 3.24 Å². The molecule has 0 atom stereocenters. The maximum Gasteiger partial charge on any atom is 0.0525 e. The van der Waals surface area contributed by atoms with E-state index in [-0.39, 0.29) is 0 Å². The molecule has 4 rings (SSSR count). The van der Waals surface area contributed by atoms with Crippen molar-refractivity contribution >= 4 is 27.2 Å². The Morgan fingerprint density at radius 3 is 2.72 bits per heavy atom. The molecular formula is C17H15N. The summed E-state index contributed by atoms with van der Waals surface area (Å²) in [5.41, 5.74) is 2.90. The molecule has 1 aliphatic rings. The number of likely N-dealkylation sites (N-methyl/N-ethyl adjacent to an activating group) is 1. The van der Waals surface area contributed by atoms with E-state index in [1.165, 1.54) is 32.8 Å². The molecule has 3 aromatic rings. The fourth-order valence-corrected chi connectivity index (χ4v) is 3.17. The minimum absolute atomic E-state index is 1.11. The van der Waals surface area contributed by atoms with Gasteiger partial charge in [-0.3, -0.25) is 0 Å². The average Bonchev–Trinajstić information content (AvgIpc) is 2.41. The van der Waals surface area contributed by atoms with Crippen molar-refractivity contribution in [2.45, 2.75) is 6.42 Å². The van der Waals surface area contributed by atoms with Crippen molar-refractivity contribution in [2.24, 2.45) is 0 Å². The van der Waals surface area contributed by atoms with Gasteiger partial charge in [0, 0.05) is 24.4 Å². The fraction of sp³-hybridized carbons (Fsp3) is 0.176. The lowest BCUT2D eigenvalue weighted by Gasteiger charge is -2.29. The maximum absolute atomic E-state index is 2.40. The van der Waals surface area contributed by atoms with Crippen LogP contribution in [0.1, 0.15) is 5.56 Å². The third kappa shape index (κ3) is 1.22. The van der Waals surface area contributed by atoms with Gasteiger partial charge in [-0.15, -0.1) is 0 Å². The van der Waals surface area contributed by atoms with Gasteiger partial charge in [-0.2, -0.15) is 0 Å². The summed E-state index contributed by atoms with van der Waals surface area (Å²) in [5.74, 6) is 0. The average molecular weight is 233 g/mol. The fourth-order valence-electron chi connectivity index (χ4n) is 3.17. The molecule has 0 spiro atoms. The van der Waals surface area contributed by atoms with Gasteiger partial charge in [0.05, 0.1) is 5.69 Å². The van der Waals surface area contributed by atoms with E-state index in [1.54, 1.807) is 0 Å². The summed E-state index contributed by atoms with van der Waals surface area (Å²) in [5, 5.41) is 5.53. The highest BCUT2D eigenvalue weighted by Crippen LogP contribution is 2.39. The molecule has 0 aliphatic carbocycles. The van der Waals surface area contributed by atoms with Gasteiger partial charge >= 0.3 is 0 Å². The maximum atomic E-state index is 2.40. The molecule has 0 saturated heterocycles. The molecule has 0 aromatic heterocycles. The summed E-state index contributed by atoms with van der Waals surface area (Å²) < 4.78 is 0. The second kappa shape index (κ2) is 3.49. The molecule has 3 aromatic carbocycles. The third-order valence-electron chi connectivity index (χ3n) is 4.04. The van der Waals surface area contributed by atoms with Crippen LogP contribution in [0.4, 0.5) is 5.69 Å². The molecule has 1 heteroatoms. The number of nitrogens with zero attached hydrogens (tertiary/aromatic N) is 1. The van der Waals surface area contributed by atoms with E-state index in [1.807, 2.05) is 0 Å². The van der Waals surface area contributed by atoms with Crippen LogP contribution in [0.5, 0.6) is 0 Å². The Bertz CT molecular complexity index is 758. The van der Waals surface area contributed by atoms with Gasteiger partial charge in [0.15, 0.2) is 0 Å². The lowest BCUT2D eigenvalue weighted by molar-refractivity contribution is 0.870. The number of anilines is 1. The smallest absolute Gasteiger partial charge is 0.0525 e. The zero-order valence-corrected chi connectivity index (χ0v) is 10.5.